The quantitative estimate of drug-likeness (QED) is 0.209. The van der Waals surface area contributed by atoms with E-state index >= 15 is 0 Å². The first-order valence-electron chi connectivity index (χ1n) is 11.9. The van der Waals surface area contributed by atoms with Crippen molar-refractivity contribution in [1.82, 2.24) is 9.80 Å². The van der Waals surface area contributed by atoms with Crippen LogP contribution in [-0.4, -0.2) is 111 Å². The summed E-state index contributed by atoms with van der Waals surface area (Å²) < 4.78 is 0. The number of benzene rings is 1. The standard InChI is InChI=1S/C26H31N3O8S/c1-28(2)8-9-38-10-12-11-6-5-7-13(30)14(11)20(31)16-15(12)21(32)18-19(29(3)4)22(33)17(25(27)36)24(35)26(18,37)23(16)34/h5-7,10,15,18-19,21,30-32,35,37H,8-9H2,1-4H3,(H2,27,36)/b12-10+/t15-,18-,19+,21+,26+/m1/s1. The molecule has 0 aromatic heterocycles. The third kappa shape index (κ3) is 3.95. The third-order valence-electron chi connectivity index (χ3n) is 7.40. The van der Waals surface area contributed by atoms with E-state index in [2.05, 4.69) is 0 Å². The predicted octanol–water partition coefficient (Wildman–Crippen LogP) is 0.0280. The molecule has 0 saturated heterocycles. The summed E-state index contributed by atoms with van der Waals surface area (Å²) in [5.74, 6) is -7.97. The van der Waals surface area contributed by atoms with Crippen molar-refractivity contribution < 1.29 is 39.9 Å². The van der Waals surface area contributed by atoms with Gasteiger partial charge >= 0.3 is 0 Å². The van der Waals surface area contributed by atoms with Crippen molar-refractivity contribution in [2.24, 2.45) is 17.6 Å². The molecule has 3 aliphatic rings. The van der Waals surface area contributed by atoms with E-state index < -0.39 is 69.7 Å². The number of rotatable bonds is 6. The lowest BCUT2D eigenvalue weighted by molar-refractivity contribution is -0.166. The fraction of sp³-hybridized carbons (Fsp3) is 0.423. The van der Waals surface area contributed by atoms with Gasteiger partial charge in [-0.2, -0.15) is 0 Å². The lowest BCUT2D eigenvalue weighted by Crippen LogP contribution is -2.70. The lowest BCUT2D eigenvalue weighted by Gasteiger charge is -2.53. The number of phenolic OH excluding ortho intramolecular Hbond substituents is 1. The Balaban J connectivity index is 2.01. The van der Waals surface area contributed by atoms with Crippen LogP contribution in [0.4, 0.5) is 0 Å². The number of amides is 1. The number of likely N-dealkylation sites (N-methyl/N-ethyl adjacent to an activating group) is 1. The molecule has 1 aromatic carbocycles. The van der Waals surface area contributed by atoms with Gasteiger partial charge in [-0.1, -0.05) is 12.1 Å². The SMILES string of the molecule is CN(C)CCS/C=C1\c2cccc(O)c2C(O)=C2C(=O)[C@]3(O)C(O)=C(C(N)=O)C(=O)[C@@H](N(C)C)[C@@H]3[C@@H](O)[C@@H]21. The first-order valence-corrected chi connectivity index (χ1v) is 12.9. The fourth-order valence-electron chi connectivity index (χ4n) is 5.66. The number of thioether (sulfide) groups is 1. The van der Waals surface area contributed by atoms with E-state index in [9.17, 15) is 39.9 Å². The summed E-state index contributed by atoms with van der Waals surface area (Å²) >= 11 is 1.39. The van der Waals surface area contributed by atoms with Crippen LogP contribution in [0, 0.1) is 11.8 Å². The molecule has 0 bridgehead atoms. The summed E-state index contributed by atoms with van der Waals surface area (Å²) in [5.41, 5.74) is 1.67. The minimum absolute atomic E-state index is 0.0737. The van der Waals surface area contributed by atoms with Crippen LogP contribution in [0.3, 0.4) is 0 Å². The second-order valence-corrected chi connectivity index (χ2v) is 11.1. The number of Topliss-reactive ketones (excluding diaryl/α,β-unsaturated/α-hetero) is 2. The van der Waals surface area contributed by atoms with E-state index in [1.165, 1.54) is 36.8 Å². The first kappa shape index (κ1) is 27.9. The minimum atomic E-state index is -2.95. The molecule has 11 nitrogen and oxygen atoms in total. The van der Waals surface area contributed by atoms with Crippen molar-refractivity contribution in [2.75, 3.05) is 40.5 Å². The van der Waals surface area contributed by atoms with Crippen molar-refractivity contribution in [3.63, 3.8) is 0 Å². The molecule has 204 valence electrons. The summed E-state index contributed by atoms with van der Waals surface area (Å²) in [4.78, 5) is 42.7. The Morgan fingerprint density at radius 3 is 2.39 bits per heavy atom. The van der Waals surface area contributed by atoms with Crippen LogP contribution in [0.1, 0.15) is 11.1 Å². The number of nitrogens with two attached hydrogens (primary N) is 1. The molecule has 4 rings (SSSR count). The summed E-state index contributed by atoms with van der Waals surface area (Å²) in [6.07, 6.45) is -1.68. The third-order valence-corrected chi connectivity index (χ3v) is 8.24. The summed E-state index contributed by atoms with van der Waals surface area (Å²) in [5, 5.41) is 58.1. The van der Waals surface area contributed by atoms with Gasteiger partial charge in [0.15, 0.2) is 11.4 Å². The number of carbonyl (C=O) groups excluding carboxylic acids is 3. The highest BCUT2D eigenvalue weighted by Crippen LogP contribution is 2.56. The number of aliphatic hydroxyl groups is 4. The van der Waals surface area contributed by atoms with E-state index in [4.69, 9.17) is 5.73 Å². The Bertz CT molecular complexity index is 1320. The Kier molecular flexibility index (Phi) is 7.23. The van der Waals surface area contributed by atoms with Crippen molar-refractivity contribution in [3.8, 4) is 5.75 Å². The number of hydrogen-bond donors (Lipinski definition) is 6. The fourth-order valence-corrected chi connectivity index (χ4v) is 6.70. The molecule has 0 aliphatic heterocycles. The second-order valence-electron chi connectivity index (χ2n) is 10.2. The van der Waals surface area contributed by atoms with Crippen LogP contribution >= 0.6 is 11.8 Å². The van der Waals surface area contributed by atoms with Gasteiger partial charge in [0, 0.05) is 18.2 Å². The first-order chi connectivity index (χ1) is 17.8. The number of ketones is 2. The summed E-state index contributed by atoms with van der Waals surface area (Å²) in [6, 6.07) is 3.08. The average Bonchev–Trinajstić information content (AvgIpc) is 2.82. The number of primary amides is 1. The van der Waals surface area contributed by atoms with Crippen LogP contribution in [0.25, 0.3) is 11.3 Å². The molecule has 0 radical (unpaired) electrons. The van der Waals surface area contributed by atoms with Crippen LogP contribution < -0.4 is 5.73 Å². The van der Waals surface area contributed by atoms with E-state index in [1.54, 1.807) is 17.5 Å². The largest absolute Gasteiger partial charge is 0.508 e. The molecule has 7 N–H and O–H groups in total. The van der Waals surface area contributed by atoms with Gasteiger partial charge in [-0.25, -0.2) is 0 Å². The maximum absolute atomic E-state index is 14.0. The maximum atomic E-state index is 14.0. The highest BCUT2D eigenvalue weighted by atomic mass is 32.2. The Hall–Kier alpha value is -3.16. The summed E-state index contributed by atoms with van der Waals surface area (Å²) in [7, 11) is 6.75. The van der Waals surface area contributed by atoms with Gasteiger partial charge < -0.3 is 36.2 Å². The molecule has 12 heteroatoms. The van der Waals surface area contributed by atoms with Gasteiger partial charge in [-0.15, -0.1) is 11.8 Å². The Morgan fingerprint density at radius 1 is 1.16 bits per heavy atom. The number of fused-ring (bicyclic) bond motifs is 3. The Morgan fingerprint density at radius 2 is 1.82 bits per heavy atom. The molecule has 5 atom stereocenters. The smallest absolute Gasteiger partial charge is 0.255 e. The molecule has 1 saturated carbocycles. The molecule has 38 heavy (non-hydrogen) atoms. The van der Waals surface area contributed by atoms with Gasteiger partial charge in [0.1, 0.15) is 22.8 Å². The zero-order chi connectivity index (χ0) is 28.3. The molecular formula is C26H31N3O8S. The van der Waals surface area contributed by atoms with Crippen molar-refractivity contribution in [3.05, 3.63) is 51.6 Å². The average molecular weight is 546 g/mol. The number of nitrogens with zero attached hydrogens (tertiary/aromatic N) is 2. The molecule has 1 amide bonds. The van der Waals surface area contributed by atoms with E-state index in [0.29, 0.717) is 16.9 Å². The highest BCUT2D eigenvalue weighted by molar-refractivity contribution is 8.02. The van der Waals surface area contributed by atoms with Crippen molar-refractivity contribution >= 4 is 40.6 Å². The van der Waals surface area contributed by atoms with Crippen LogP contribution in [-0.2, 0) is 14.4 Å². The van der Waals surface area contributed by atoms with Crippen molar-refractivity contribution in [2.45, 2.75) is 17.7 Å². The van der Waals surface area contributed by atoms with Gasteiger partial charge in [-0.05, 0) is 50.8 Å². The van der Waals surface area contributed by atoms with Gasteiger partial charge in [0.05, 0.1) is 29.2 Å². The van der Waals surface area contributed by atoms with Crippen LogP contribution in [0.5, 0.6) is 5.75 Å². The van der Waals surface area contributed by atoms with Crippen LogP contribution in [0.15, 0.2) is 40.5 Å². The normalized spacial score (nSPS) is 30.2. The number of aromatic hydroxyl groups is 1. The molecule has 3 aliphatic carbocycles. The molecular weight excluding hydrogens is 514 g/mol. The van der Waals surface area contributed by atoms with Gasteiger partial charge in [0.2, 0.25) is 5.78 Å². The summed E-state index contributed by atoms with van der Waals surface area (Å²) in [6.45, 7) is 0.718. The second kappa shape index (κ2) is 9.86. The van der Waals surface area contributed by atoms with Gasteiger partial charge in [0.25, 0.3) is 5.91 Å². The predicted molar refractivity (Wildman–Crippen MR) is 141 cm³/mol. The zero-order valence-electron chi connectivity index (χ0n) is 21.4. The lowest BCUT2D eigenvalue weighted by atomic mass is 9.55. The maximum Gasteiger partial charge on any atom is 0.255 e. The highest BCUT2D eigenvalue weighted by Gasteiger charge is 2.68. The molecule has 0 heterocycles. The van der Waals surface area contributed by atoms with Crippen molar-refractivity contribution in [1.29, 1.82) is 0 Å². The van der Waals surface area contributed by atoms with E-state index in [1.807, 2.05) is 19.0 Å². The number of carbonyl (C=O) groups is 3. The monoisotopic (exact) mass is 545 g/mol. The molecule has 1 fully saturated rings. The number of aliphatic hydroxyl groups excluding tert-OH is 3. The molecule has 0 unspecified atom stereocenters. The van der Waals surface area contributed by atoms with Crippen LogP contribution in [0.2, 0.25) is 0 Å². The zero-order valence-corrected chi connectivity index (χ0v) is 22.2. The number of hydrogen-bond acceptors (Lipinski definition) is 11. The van der Waals surface area contributed by atoms with E-state index in [0.717, 1.165) is 6.54 Å². The topological polar surface area (TPSA) is 185 Å². The molecule has 0 spiro atoms. The molecule has 1 aromatic rings. The Labute approximate surface area is 223 Å². The van der Waals surface area contributed by atoms with E-state index in [-0.39, 0.29) is 11.3 Å². The number of phenols is 1. The van der Waals surface area contributed by atoms with Gasteiger partial charge in [-0.3, -0.25) is 19.3 Å². The minimum Gasteiger partial charge on any atom is -0.508 e.